The van der Waals surface area contributed by atoms with Crippen molar-refractivity contribution in [1.82, 2.24) is 20.1 Å². The highest BCUT2D eigenvalue weighted by atomic mass is 15.3. The van der Waals surface area contributed by atoms with Crippen LogP contribution in [0.4, 0.5) is 0 Å². The fourth-order valence-corrected chi connectivity index (χ4v) is 3.05. The molecule has 112 valence electrons. The quantitative estimate of drug-likeness (QED) is 0.922. The Hall–Kier alpha value is -1.68. The molecule has 1 unspecified atom stereocenters. The van der Waals surface area contributed by atoms with Crippen LogP contribution in [0.1, 0.15) is 49.6 Å². The van der Waals surface area contributed by atoms with Gasteiger partial charge >= 0.3 is 0 Å². The number of aryl methyl sites for hydroxylation is 1. The molecule has 1 aliphatic heterocycles. The first-order valence-electron chi connectivity index (χ1n) is 7.66. The van der Waals surface area contributed by atoms with Gasteiger partial charge in [-0.15, -0.1) is 10.2 Å². The zero-order chi connectivity index (χ0) is 15.0. The SMILES string of the molecule is Cc1cccc(Cc2nnc3n2CCNC3C(C)(C)C)c1. The van der Waals surface area contributed by atoms with Gasteiger partial charge in [0.15, 0.2) is 5.82 Å². The Balaban J connectivity index is 1.91. The molecule has 2 aromatic rings. The Labute approximate surface area is 126 Å². The average Bonchev–Trinajstić information content (AvgIpc) is 2.81. The average molecular weight is 284 g/mol. The Bertz CT molecular complexity index is 636. The number of aromatic nitrogens is 3. The number of nitrogens with zero attached hydrogens (tertiary/aromatic N) is 3. The summed E-state index contributed by atoms with van der Waals surface area (Å²) in [6.45, 7) is 10.8. The van der Waals surface area contributed by atoms with Crippen LogP contribution in [-0.2, 0) is 13.0 Å². The summed E-state index contributed by atoms with van der Waals surface area (Å²) in [5.74, 6) is 2.16. The van der Waals surface area contributed by atoms with Crippen molar-refractivity contribution in [3.8, 4) is 0 Å². The molecule has 1 aromatic heterocycles. The van der Waals surface area contributed by atoms with Gasteiger partial charge in [0.2, 0.25) is 0 Å². The lowest BCUT2D eigenvalue weighted by atomic mass is 9.85. The topological polar surface area (TPSA) is 42.7 Å². The third-order valence-corrected chi connectivity index (χ3v) is 4.11. The molecule has 2 heterocycles. The molecule has 0 amide bonds. The smallest absolute Gasteiger partial charge is 0.150 e. The summed E-state index contributed by atoms with van der Waals surface area (Å²) in [6.07, 6.45) is 0.853. The fraction of sp³-hybridized carbons (Fsp3) is 0.529. The molecule has 21 heavy (non-hydrogen) atoms. The normalized spacial score (nSPS) is 18.6. The first-order chi connectivity index (χ1) is 9.95. The van der Waals surface area contributed by atoms with Gasteiger partial charge in [-0.2, -0.15) is 0 Å². The lowest BCUT2D eigenvalue weighted by Crippen LogP contribution is -2.41. The van der Waals surface area contributed by atoms with E-state index in [9.17, 15) is 0 Å². The molecule has 0 spiro atoms. The summed E-state index contributed by atoms with van der Waals surface area (Å²) in [5, 5.41) is 12.5. The predicted molar refractivity (Wildman–Crippen MR) is 84.2 cm³/mol. The summed E-state index contributed by atoms with van der Waals surface area (Å²) >= 11 is 0. The van der Waals surface area contributed by atoms with Crippen LogP contribution < -0.4 is 5.32 Å². The van der Waals surface area contributed by atoms with Gasteiger partial charge in [-0.25, -0.2) is 0 Å². The van der Waals surface area contributed by atoms with Crippen LogP contribution in [0.15, 0.2) is 24.3 Å². The van der Waals surface area contributed by atoms with E-state index >= 15 is 0 Å². The molecule has 0 aliphatic carbocycles. The molecule has 0 radical (unpaired) electrons. The third-order valence-electron chi connectivity index (χ3n) is 4.11. The van der Waals surface area contributed by atoms with E-state index in [-0.39, 0.29) is 11.5 Å². The minimum absolute atomic E-state index is 0.145. The van der Waals surface area contributed by atoms with Crippen molar-refractivity contribution < 1.29 is 0 Å². The van der Waals surface area contributed by atoms with Crippen LogP contribution in [0.25, 0.3) is 0 Å². The maximum absolute atomic E-state index is 4.47. The summed E-state index contributed by atoms with van der Waals surface area (Å²) in [6, 6.07) is 8.89. The second-order valence-corrected chi connectivity index (χ2v) is 7.05. The minimum Gasteiger partial charge on any atom is -0.312 e. The van der Waals surface area contributed by atoms with Crippen molar-refractivity contribution in [2.45, 2.75) is 46.7 Å². The zero-order valence-corrected chi connectivity index (χ0v) is 13.3. The highest BCUT2D eigenvalue weighted by Crippen LogP contribution is 2.33. The van der Waals surface area contributed by atoms with E-state index in [4.69, 9.17) is 0 Å². The number of fused-ring (bicyclic) bond motifs is 1. The van der Waals surface area contributed by atoms with Crippen molar-refractivity contribution >= 4 is 0 Å². The molecule has 1 atom stereocenters. The summed E-state index contributed by atoms with van der Waals surface area (Å²) < 4.78 is 2.30. The number of hydrogen-bond donors (Lipinski definition) is 1. The van der Waals surface area contributed by atoms with Gasteiger partial charge in [-0.1, -0.05) is 50.6 Å². The van der Waals surface area contributed by atoms with Crippen LogP contribution >= 0.6 is 0 Å². The van der Waals surface area contributed by atoms with Gasteiger partial charge in [0, 0.05) is 19.5 Å². The molecule has 4 heteroatoms. The van der Waals surface area contributed by atoms with E-state index < -0.39 is 0 Å². The molecular formula is C17H24N4. The number of hydrogen-bond acceptors (Lipinski definition) is 3. The van der Waals surface area contributed by atoms with Gasteiger partial charge in [0.1, 0.15) is 5.82 Å². The lowest BCUT2D eigenvalue weighted by Gasteiger charge is -2.34. The maximum Gasteiger partial charge on any atom is 0.150 e. The predicted octanol–water partition coefficient (Wildman–Crippen LogP) is 2.87. The second-order valence-electron chi connectivity index (χ2n) is 7.05. The van der Waals surface area contributed by atoms with Crippen LogP contribution in [0.3, 0.4) is 0 Å². The number of nitrogens with one attached hydrogen (secondary N) is 1. The third kappa shape index (κ3) is 2.86. The Morgan fingerprint density at radius 1 is 1.29 bits per heavy atom. The van der Waals surface area contributed by atoms with Crippen molar-refractivity contribution in [3.63, 3.8) is 0 Å². The van der Waals surface area contributed by atoms with E-state index in [1.807, 2.05) is 0 Å². The fourth-order valence-electron chi connectivity index (χ4n) is 3.05. The van der Waals surface area contributed by atoms with Gasteiger partial charge in [-0.3, -0.25) is 0 Å². The van der Waals surface area contributed by atoms with Crippen LogP contribution in [-0.4, -0.2) is 21.3 Å². The Kier molecular flexibility index (Phi) is 3.57. The lowest BCUT2D eigenvalue weighted by molar-refractivity contribution is 0.232. The molecule has 1 aliphatic rings. The van der Waals surface area contributed by atoms with Crippen molar-refractivity contribution in [3.05, 3.63) is 47.0 Å². The zero-order valence-electron chi connectivity index (χ0n) is 13.3. The van der Waals surface area contributed by atoms with Crippen LogP contribution in [0.2, 0.25) is 0 Å². The molecule has 0 saturated heterocycles. The first-order valence-corrected chi connectivity index (χ1v) is 7.66. The van der Waals surface area contributed by atoms with Crippen molar-refractivity contribution in [2.75, 3.05) is 6.54 Å². The van der Waals surface area contributed by atoms with E-state index in [0.29, 0.717) is 0 Å². The summed E-state index contributed by atoms with van der Waals surface area (Å²) in [5.41, 5.74) is 2.74. The molecule has 1 aromatic carbocycles. The first kappa shape index (κ1) is 14.3. The second kappa shape index (κ2) is 5.26. The van der Waals surface area contributed by atoms with Crippen molar-refractivity contribution in [2.24, 2.45) is 5.41 Å². The van der Waals surface area contributed by atoms with E-state index in [2.05, 4.69) is 72.0 Å². The molecule has 0 saturated carbocycles. The maximum atomic E-state index is 4.47. The molecule has 0 fully saturated rings. The van der Waals surface area contributed by atoms with Gasteiger partial charge in [0.05, 0.1) is 6.04 Å². The largest absolute Gasteiger partial charge is 0.312 e. The molecule has 0 bridgehead atoms. The van der Waals surface area contributed by atoms with Crippen molar-refractivity contribution in [1.29, 1.82) is 0 Å². The number of rotatable bonds is 2. The monoisotopic (exact) mass is 284 g/mol. The Morgan fingerprint density at radius 3 is 2.81 bits per heavy atom. The highest BCUT2D eigenvalue weighted by Gasteiger charge is 2.33. The van der Waals surface area contributed by atoms with Gasteiger partial charge in [-0.05, 0) is 17.9 Å². The molecular weight excluding hydrogens is 260 g/mol. The summed E-state index contributed by atoms with van der Waals surface area (Å²) in [7, 11) is 0. The van der Waals surface area contributed by atoms with E-state index in [1.165, 1.54) is 11.1 Å². The van der Waals surface area contributed by atoms with E-state index in [0.717, 1.165) is 31.2 Å². The molecule has 4 nitrogen and oxygen atoms in total. The Morgan fingerprint density at radius 2 is 2.10 bits per heavy atom. The molecule has 3 rings (SSSR count). The number of benzene rings is 1. The highest BCUT2D eigenvalue weighted by molar-refractivity contribution is 5.25. The standard InChI is InChI=1S/C17H24N4/c1-12-6-5-7-13(10-12)11-14-19-20-16-15(17(2,3)4)18-8-9-21(14)16/h5-7,10,15,18H,8-9,11H2,1-4H3. The van der Waals surface area contributed by atoms with E-state index in [1.54, 1.807) is 0 Å². The van der Waals surface area contributed by atoms with Crippen LogP contribution in [0.5, 0.6) is 0 Å². The summed E-state index contributed by atoms with van der Waals surface area (Å²) in [4.78, 5) is 0. The molecule has 1 N–H and O–H groups in total. The van der Waals surface area contributed by atoms with Crippen LogP contribution in [0, 0.1) is 12.3 Å². The van der Waals surface area contributed by atoms with Gasteiger partial charge in [0.25, 0.3) is 0 Å². The minimum atomic E-state index is 0.145. The van der Waals surface area contributed by atoms with Gasteiger partial charge < -0.3 is 9.88 Å².